The number of rotatable bonds is 6. The lowest BCUT2D eigenvalue weighted by molar-refractivity contribution is -0.147. The molecule has 1 aliphatic rings. The van der Waals surface area contributed by atoms with Crippen LogP contribution in [0.2, 0.25) is 0 Å². The van der Waals surface area contributed by atoms with E-state index in [-0.39, 0.29) is 24.5 Å². The number of carbonyl (C=O) groups is 1. The molecule has 2 N–H and O–H groups in total. The zero-order chi connectivity index (χ0) is 15.3. The molecule has 0 aliphatic carbocycles. The van der Waals surface area contributed by atoms with Gasteiger partial charge in [-0.1, -0.05) is 12.0 Å². The van der Waals surface area contributed by atoms with Gasteiger partial charge in [0.2, 0.25) is 5.91 Å². The minimum atomic E-state index is -0.224. The molecule has 0 spiro atoms. The zero-order valence-electron chi connectivity index (χ0n) is 12.1. The van der Waals surface area contributed by atoms with Gasteiger partial charge in [-0.3, -0.25) is 9.69 Å². The highest BCUT2D eigenvalue weighted by atomic mass is 16.5. The Bertz CT molecular complexity index is 541. The first kappa shape index (κ1) is 15.5. The van der Waals surface area contributed by atoms with Crippen molar-refractivity contribution in [1.29, 1.82) is 0 Å². The largest absolute Gasteiger partial charge is 0.396 e. The van der Waals surface area contributed by atoms with Gasteiger partial charge < -0.3 is 15.2 Å². The van der Waals surface area contributed by atoms with Crippen LogP contribution in [-0.4, -0.2) is 55.9 Å². The minimum Gasteiger partial charge on any atom is -0.396 e. The maximum atomic E-state index is 12.0. The molecule has 21 heavy (non-hydrogen) atoms. The summed E-state index contributed by atoms with van der Waals surface area (Å²) in [4.78, 5) is 13.9. The Kier molecular flexibility index (Phi) is 4.97. The molecule has 0 atom stereocenters. The topological polar surface area (TPSA) is 61.8 Å². The van der Waals surface area contributed by atoms with Crippen LogP contribution in [0.15, 0.2) is 24.3 Å². The molecule has 1 aliphatic heterocycles. The van der Waals surface area contributed by atoms with Crippen molar-refractivity contribution in [2.45, 2.75) is 0 Å². The molecule has 5 heteroatoms. The third-order valence-corrected chi connectivity index (χ3v) is 3.48. The van der Waals surface area contributed by atoms with Gasteiger partial charge in [0.15, 0.2) is 0 Å². The average Bonchev–Trinajstić information content (AvgIpc) is 2.43. The summed E-state index contributed by atoms with van der Waals surface area (Å²) in [6.45, 7) is 2.03. The Morgan fingerprint density at radius 1 is 1.57 bits per heavy atom. The summed E-state index contributed by atoms with van der Waals surface area (Å²) >= 11 is 0. The summed E-state index contributed by atoms with van der Waals surface area (Å²) in [5.41, 5.74) is 1.19. The van der Waals surface area contributed by atoms with Gasteiger partial charge >= 0.3 is 0 Å². The number of carbonyl (C=O) groups excluding carboxylic acids is 1. The number of aliphatic hydroxyl groups is 1. The lowest BCUT2D eigenvalue weighted by Gasteiger charge is -2.42. The van der Waals surface area contributed by atoms with E-state index in [1.165, 1.54) is 0 Å². The molecule has 1 aromatic carbocycles. The van der Waals surface area contributed by atoms with Crippen molar-refractivity contribution in [2.24, 2.45) is 5.41 Å². The second-order valence-electron chi connectivity index (χ2n) is 5.60. The highest BCUT2D eigenvalue weighted by molar-refractivity contribution is 5.92. The summed E-state index contributed by atoms with van der Waals surface area (Å²) in [7, 11) is 1.85. The number of terminal acetylenes is 1. The molecule has 1 saturated heterocycles. The molecule has 0 saturated carbocycles. The van der Waals surface area contributed by atoms with Crippen LogP contribution in [0, 0.1) is 17.8 Å². The fourth-order valence-corrected chi connectivity index (χ4v) is 2.38. The zero-order valence-corrected chi connectivity index (χ0v) is 12.1. The van der Waals surface area contributed by atoms with E-state index in [1.54, 1.807) is 18.2 Å². The van der Waals surface area contributed by atoms with E-state index in [0.717, 1.165) is 5.56 Å². The number of hydrogen-bond acceptors (Lipinski definition) is 4. The van der Waals surface area contributed by atoms with Crippen LogP contribution >= 0.6 is 0 Å². The van der Waals surface area contributed by atoms with E-state index in [4.69, 9.17) is 11.2 Å². The number of benzene rings is 1. The standard InChI is InChI=1S/C16H20N2O3/c1-3-13-5-4-6-14(7-13)17-15(20)8-18(2)9-16(10-19)11-21-12-16/h1,4-7,19H,8-12H2,2H3,(H,17,20). The summed E-state index contributed by atoms with van der Waals surface area (Å²) in [6.07, 6.45) is 5.33. The lowest BCUT2D eigenvalue weighted by atomic mass is 9.86. The molecular weight excluding hydrogens is 268 g/mol. The SMILES string of the molecule is C#Cc1cccc(NC(=O)CN(C)CC2(CO)COC2)c1. The van der Waals surface area contributed by atoms with Gasteiger partial charge in [0.25, 0.3) is 0 Å². The van der Waals surface area contributed by atoms with Gasteiger partial charge in [0, 0.05) is 17.8 Å². The van der Waals surface area contributed by atoms with Gasteiger partial charge in [-0.25, -0.2) is 0 Å². The Morgan fingerprint density at radius 3 is 2.90 bits per heavy atom. The van der Waals surface area contributed by atoms with Crippen LogP contribution in [0.25, 0.3) is 0 Å². The Hall–Kier alpha value is -1.87. The van der Waals surface area contributed by atoms with Gasteiger partial charge in [0.1, 0.15) is 0 Å². The van der Waals surface area contributed by atoms with Gasteiger partial charge in [-0.2, -0.15) is 0 Å². The smallest absolute Gasteiger partial charge is 0.238 e. The van der Waals surface area contributed by atoms with Crippen LogP contribution in [-0.2, 0) is 9.53 Å². The van der Waals surface area contributed by atoms with Crippen LogP contribution in [0.4, 0.5) is 5.69 Å². The summed E-state index contributed by atoms with van der Waals surface area (Å²) in [5, 5.41) is 12.2. The van der Waals surface area contributed by atoms with Gasteiger partial charge in [0.05, 0.1) is 31.8 Å². The van der Waals surface area contributed by atoms with Crippen LogP contribution in [0.5, 0.6) is 0 Å². The van der Waals surface area contributed by atoms with Crippen molar-refractivity contribution < 1.29 is 14.6 Å². The molecule has 1 heterocycles. The first-order valence-corrected chi connectivity index (χ1v) is 6.81. The van der Waals surface area contributed by atoms with E-state index in [2.05, 4.69) is 11.2 Å². The number of nitrogens with one attached hydrogen (secondary N) is 1. The highest BCUT2D eigenvalue weighted by Crippen LogP contribution is 2.27. The molecule has 0 radical (unpaired) electrons. The lowest BCUT2D eigenvalue weighted by Crippen LogP contribution is -2.53. The van der Waals surface area contributed by atoms with Crippen LogP contribution < -0.4 is 5.32 Å². The van der Waals surface area contributed by atoms with E-state index in [9.17, 15) is 9.90 Å². The maximum Gasteiger partial charge on any atom is 0.238 e. The monoisotopic (exact) mass is 288 g/mol. The predicted octanol–water partition coefficient (Wildman–Crippen LogP) is 0.547. The van der Waals surface area contributed by atoms with Crippen LogP contribution in [0.3, 0.4) is 0 Å². The number of anilines is 1. The normalized spacial score (nSPS) is 16.1. The molecule has 112 valence electrons. The molecular formula is C16H20N2O3. The number of hydrogen-bond donors (Lipinski definition) is 2. The second kappa shape index (κ2) is 6.72. The maximum absolute atomic E-state index is 12.0. The van der Waals surface area contributed by atoms with E-state index >= 15 is 0 Å². The van der Waals surface area contributed by atoms with Crippen molar-refractivity contribution in [1.82, 2.24) is 4.90 Å². The quantitative estimate of drug-likeness (QED) is 0.750. The fraction of sp³-hybridized carbons (Fsp3) is 0.438. The van der Waals surface area contributed by atoms with Gasteiger partial charge in [-0.05, 0) is 25.2 Å². The van der Waals surface area contributed by atoms with E-state index in [1.807, 2.05) is 18.0 Å². The summed E-state index contributed by atoms with van der Waals surface area (Å²) < 4.78 is 5.15. The Labute approximate surface area is 124 Å². The molecule has 2 rings (SSSR count). The molecule has 0 aromatic heterocycles. The molecule has 5 nitrogen and oxygen atoms in total. The van der Waals surface area contributed by atoms with Crippen molar-refractivity contribution in [3.63, 3.8) is 0 Å². The molecule has 0 unspecified atom stereocenters. The molecule has 1 amide bonds. The summed E-state index contributed by atoms with van der Waals surface area (Å²) in [5.74, 6) is 2.42. The second-order valence-corrected chi connectivity index (χ2v) is 5.60. The van der Waals surface area contributed by atoms with Crippen molar-refractivity contribution >= 4 is 11.6 Å². The summed E-state index contributed by atoms with van der Waals surface area (Å²) in [6, 6.07) is 7.17. The number of amides is 1. The van der Waals surface area contributed by atoms with E-state index < -0.39 is 0 Å². The Balaban J connectivity index is 1.85. The first-order valence-electron chi connectivity index (χ1n) is 6.81. The number of likely N-dealkylation sites (N-methyl/N-ethyl adjacent to an activating group) is 1. The van der Waals surface area contributed by atoms with Crippen molar-refractivity contribution in [3.8, 4) is 12.3 Å². The number of ether oxygens (including phenoxy) is 1. The van der Waals surface area contributed by atoms with E-state index in [0.29, 0.717) is 25.4 Å². The first-order chi connectivity index (χ1) is 10.1. The molecule has 1 fully saturated rings. The minimum absolute atomic E-state index is 0.0726. The highest BCUT2D eigenvalue weighted by Gasteiger charge is 2.39. The molecule has 1 aromatic rings. The van der Waals surface area contributed by atoms with Gasteiger partial charge in [-0.15, -0.1) is 6.42 Å². The third-order valence-electron chi connectivity index (χ3n) is 3.48. The Morgan fingerprint density at radius 2 is 2.33 bits per heavy atom. The predicted molar refractivity (Wildman–Crippen MR) is 80.8 cm³/mol. The van der Waals surface area contributed by atoms with Crippen LogP contribution in [0.1, 0.15) is 5.56 Å². The number of nitrogens with zero attached hydrogens (tertiary/aromatic N) is 1. The third kappa shape index (κ3) is 4.05. The molecule has 0 bridgehead atoms. The average molecular weight is 288 g/mol. The van der Waals surface area contributed by atoms with Crippen molar-refractivity contribution in [2.75, 3.05) is 45.3 Å². The number of aliphatic hydroxyl groups excluding tert-OH is 1. The van der Waals surface area contributed by atoms with Crippen molar-refractivity contribution in [3.05, 3.63) is 29.8 Å². The fourth-order valence-electron chi connectivity index (χ4n) is 2.38.